The first-order valence-electron chi connectivity index (χ1n) is 13.6. The van der Waals surface area contributed by atoms with E-state index in [9.17, 15) is 22.8 Å². The van der Waals surface area contributed by atoms with Gasteiger partial charge in [-0.15, -0.1) is 0 Å². The summed E-state index contributed by atoms with van der Waals surface area (Å²) in [6.45, 7) is 0. The molecule has 0 atom stereocenters. The van der Waals surface area contributed by atoms with Crippen LogP contribution in [0.5, 0.6) is 0 Å². The lowest BCUT2D eigenvalue weighted by atomic mass is 9.72. The van der Waals surface area contributed by atoms with Crippen molar-refractivity contribution >= 4 is 11.6 Å². The Morgan fingerprint density at radius 1 is 0.861 bits per heavy atom. The van der Waals surface area contributed by atoms with Crippen LogP contribution in [0, 0.1) is 5.41 Å². The van der Waals surface area contributed by atoms with Gasteiger partial charge in [-0.3, -0.25) is 14.6 Å². The van der Waals surface area contributed by atoms with Gasteiger partial charge in [-0.2, -0.15) is 13.2 Å². The van der Waals surface area contributed by atoms with Crippen LogP contribution >= 0.6 is 0 Å². The van der Waals surface area contributed by atoms with Gasteiger partial charge in [0.05, 0.1) is 17.0 Å². The molecule has 6 rings (SSSR count). The number of Topliss-reactive ketones (excluding diaryl/α,β-unsaturated/α-hetero) is 1. The summed E-state index contributed by atoms with van der Waals surface area (Å²) in [5.41, 5.74) is 3.32. The molecule has 3 fully saturated rings. The summed E-state index contributed by atoms with van der Waals surface area (Å²) in [7, 11) is 0. The molecule has 1 heterocycles. The lowest BCUT2D eigenvalue weighted by Gasteiger charge is -2.33. The molecule has 0 saturated heterocycles. The number of halogens is 3. The number of carbonyl (C=O) groups is 2. The fraction of sp³-hybridized carbons (Fsp3) is 0.567. The molecular weight excluding hydrogens is 463 g/mol. The van der Waals surface area contributed by atoms with Crippen molar-refractivity contribution in [1.82, 2.24) is 4.98 Å². The quantitative estimate of drug-likeness (QED) is 0.405. The summed E-state index contributed by atoms with van der Waals surface area (Å²) in [6.07, 6.45) is 8.23. The molecule has 4 aliphatic rings. The molecule has 1 aromatic carbocycles. The molecule has 0 N–H and O–H groups in total. The number of nitrogens with zero attached hydrogens (tertiary/aromatic N) is 1. The van der Waals surface area contributed by atoms with E-state index in [2.05, 4.69) is 0 Å². The molecule has 190 valence electrons. The van der Waals surface area contributed by atoms with Gasteiger partial charge in [-0.25, -0.2) is 0 Å². The number of rotatable bonds is 4. The van der Waals surface area contributed by atoms with Crippen molar-refractivity contribution in [3.8, 4) is 0 Å². The molecule has 3 nitrogen and oxygen atoms in total. The van der Waals surface area contributed by atoms with Gasteiger partial charge in [-0.05, 0) is 74.0 Å². The third-order valence-corrected chi connectivity index (χ3v) is 9.11. The van der Waals surface area contributed by atoms with Gasteiger partial charge >= 0.3 is 6.18 Å². The summed E-state index contributed by atoms with van der Waals surface area (Å²) in [5.74, 6) is 0.127. The van der Waals surface area contributed by atoms with Crippen LogP contribution in [0.25, 0.3) is 0 Å². The van der Waals surface area contributed by atoms with E-state index in [-0.39, 0.29) is 34.4 Å². The normalized spacial score (nSPS) is 22.1. The van der Waals surface area contributed by atoms with E-state index < -0.39 is 11.7 Å². The Hall–Kier alpha value is -2.50. The zero-order valence-electron chi connectivity index (χ0n) is 20.6. The zero-order valence-corrected chi connectivity index (χ0v) is 20.6. The first-order valence-corrected chi connectivity index (χ1v) is 13.6. The fourth-order valence-corrected chi connectivity index (χ4v) is 6.98. The molecule has 0 radical (unpaired) electrons. The van der Waals surface area contributed by atoms with Gasteiger partial charge in [-0.1, -0.05) is 44.2 Å². The molecule has 2 aromatic rings. The van der Waals surface area contributed by atoms with Crippen LogP contribution in [-0.2, 0) is 12.6 Å². The van der Waals surface area contributed by atoms with Crippen molar-refractivity contribution in [2.24, 2.45) is 5.41 Å². The van der Waals surface area contributed by atoms with Gasteiger partial charge in [0.2, 0.25) is 0 Å². The molecule has 1 aromatic heterocycles. The number of hydrogen-bond acceptors (Lipinski definition) is 3. The minimum Gasteiger partial charge on any atom is -0.294 e. The van der Waals surface area contributed by atoms with E-state index >= 15 is 0 Å². The van der Waals surface area contributed by atoms with Crippen molar-refractivity contribution in [3.05, 3.63) is 63.5 Å². The lowest BCUT2D eigenvalue weighted by Crippen LogP contribution is -2.29. The van der Waals surface area contributed by atoms with Crippen molar-refractivity contribution in [2.75, 3.05) is 0 Å². The average Bonchev–Trinajstić information content (AvgIpc) is 3.37. The second-order valence-corrected chi connectivity index (χ2v) is 11.6. The van der Waals surface area contributed by atoms with E-state index in [0.717, 1.165) is 106 Å². The second-order valence-electron chi connectivity index (χ2n) is 11.6. The summed E-state index contributed by atoms with van der Waals surface area (Å²) in [5, 5.41) is 0. The topological polar surface area (TPSA) is 47.0 Å². The third kappa shape index (κ3) is 4.20. The predicted molar refractivity (Wildman–Crippen MR) is 130 cm³/mol. The molecule has 4 aliphatic carbocycles. The van der Waals surface area contributed by atoms with Crippen molar-refractivity contribution in [2.45, 2.75) is 101 Å². The van der Waals surface area contributed by atoms with Crippen LogP contribution < -0.4 is 0 Å². The van der Waals surface area contributed by atoms with Gasteiger partial charge < -0.3 is 0 Å². The van der Waals surface area contributed by atoms with Gasteiger partial charge in [0.15, 0.2) is 11.6 Å². The number of alkyl halides is 3. The van der Waals surface area contributed by atoms with E-state index in [1.54, 1.807) is 0 Å². The first kappa shape index (κ1) is 23.9. The Kier molecular flexibility index (Phi) is 5.84. The summed E-state index contributed by atoms with van der Waals surface area (Å²) in [4.78, 5) is 32.9. The monoisotopic (exact) mass is 495 g/mol. The number of pyridine rings is 1. The largest absolute Gasteiger partial charge is 0.416 e. The number of hydrogen-bond donors (Lipinski definition) is 0. The Bertz CT molecular complexity index is 1200. The maximum Gasteiger partial charge on any atom is 0.416 e. The highest BCUT2D eigenvalue weighted by atomic mass is 19.4. The van der Waals surface area contributed by atoms with Crippen LogP contribution in [-0.4, -0.2) is 16.6 Å². The lowest BCUT2D eigenvalue weighted by molar-refractivity contribution is -0.137. The highest BCUT2D eigenvalue weighted by Gasteiger charge is 2.50. The van der Waals surface area contributed by atoms with Crippen molar-refractivity contribution in [1.29, 1.82) is 0 Å². The van der Waals surface area contributed by atoms with E-state index in [4.69, 9.17) is 4.98 Å². The zero-order chi connectivity index (χ0) is 25.1. The second kappa shape index (κ2) is 8.81. The average molecular weight is 496 g/mol. The van der Waals surface area contributed by atoms with E-state index in [0.29, 0.717) is 17.5 Å². The van der Waals surface area contributed by atoms with Crippen molar-refractivity contribution in [3.63, 3.8) is 0 Å². The van der Waals surface area contributed by atoms with Gasteiger partial charge in [0.1, 0.15) is 0 Å². The fourth-order valence-electron chi connectivity index (χ4n) is 6.98. The van der Waals surface area contributed by atoms with Crippen LogP contribution in [0.2, 0.25) is 0 Å². The summed E-state index contributed by atoms with van der Waals surface area (Å²) < 4.78 is 39.6. The minimum absolute atomic E-state index is 0.0623. The van der Waals surface area contributed by atoms with E-state index in [1.807, 2.05) is 0 Å². The number of carbonyl (C=O) groups excluding carboxylic acids is 2. The highest BCUT2D eigenvalue weighted by Crippen LogP contribution is 2.56. The molecule has 36 heavy (non-hydrogen) atoms. The Labute approximate surface area is 209 Å². The van der Waals surface area contributed by atoms with Crippen LogP contribution in [0.3, 0.4) is 0 Å². The summed E-state index contributed by atoms with van der Waals surface area (Å²) in [6, 6.07) is 4.54. The maximum atomic E-state index is 14.1. The number of ketones is 2. The predicted octanol–water partition coefficient (Wildman–Crippen LogP) is 7.95. The summed E-state index contributed by atoms with van der Waals surface area (Å²) >= 11 is 0. The smallest absolute Gasteiger partial charge is 0.294 e. The standard InChI is InChI=1S/C30H32F3NO2/c31-30(32,33)21-12-10-20(11-13-21)28(36)26-24(18-6-2-1-3-7-18)25-22(16-29(14-15-29)17-23(25)35)34-27(26)19-8-4-5-9-19/h10-13,18-19H,1-9,14-17H2. The van der Waals surface area contributed by atoms with E-state index in [1.165, 1.54) is 12.1 Å². The minimum atomic E-state index is -4.46. The molecular formula is C30H32F3NO2. The number of aromatic nitrogens is 1. The van der Waals surface area contributed by atoms with Crippen LogP contribution in [0.4, 0.5) is 13.2 Å². The van der Waals surface area contributed by atoms with Gasteiger partial charge in [0.25, 0.3) is 0 Å². The number of benzene rings is 1. The first-order chi connectivity index (χ1) is 17.3. The molecule has 6 heteroatoms. The van der Waals surface area contributed by atoms with Crippen molar-refractivity contribution < 1.29 is 22.8 Å². The molecule has 0 bridgehead atoms. The molecule has 1 spiro atoms. The Morgan fingerprint density at radius 3 is 2.08 bits per heavy atom. The SMILES string of the molecule is O=C1CC2(CC2)Cc2nc(C3CCCC3)c(C(=O)c3ccc(C(F)(F)F)cc3)c(C3CCCCC3)c21. The Morgan fingerprint density at radius 2 is 1.47 bits per heavy atom. The van der Waals surface area contributed by atoms with Crippen LogP contribution in [0.15, 0.2) is 24.3 Å². The molecule has 0 aliphatic heterocycles. The third-order valence-electron chi connectivity index (χ3n) is 9.11. The molecule has 0 amide bonds. The highest BCUT2D eigenvalue weighted by molar-refractivity contribution is 6.13. The molecule has 3 saturated carbocycles. The van der Waals surface area contributed by atoms with Crippen LogP contribution in [0.1, 0.15) is 138 Å². The molecule has 0 unspecified atom stereocenters. The maximum absolute atomic E-state index is 14.1. The Balaban J connectivity index is 1.54. The van der Waals surface area contributed by atoms with Gasteiger partial charge in [0, 0.05) is 29.0 Å². The number of fused-ring (bicyclic) bond motifs is 1.